The molecule has 35 heavy (non-hydrogen) atoms. The topological polar surface area (TPSA) is 72.9 Å². The number of hydrogen-bond acceptors (Lipinski definition) is 5. The second-order valence-electron chi connectivity index (χ2n) is 8.61. The zero-order valence-corrected chi connectivity index (χ0v) is 21.1. The molecule has 0 aromatic heterocycles. The minimum atomic E-state index is -4.22. The molecule has 0 aliphatic heterocycles. The molecule has 0 atom stereocenters. The van der Waals surface area contributed by atoms with Gasteiger partial charge in [0.2, 0.25) is 0 Å². The van der Waals surface area contributed by atoms with Gasteiger partial charge in [-0.3, -0.25) is 4.79 Å². The van der Waals surface area contributed by atoms with Crippen molar-refractivity contribution in [2.45, 2.75) is 38.6 Å². The van der Waals surface area contributed by atoms with E-state index in [1.54, 1.807) is 23.1 Å². The summed E-state index contributed by atoms with van der Waals surface area (Å²) in [4.78, 5) is 14.8. The van der Waals surface area contributed by atoms with Crippen LogP contribution in [-0.2, 0) is 23.1 Å². The number of benzene rings is 3. The normalized spacial score (nSPS) is 11.4. The predicted octanol–water partition coefficient (Wildman–Crippen LogP) is 5.46. The van der Waals surface area contributed by atoms with E-state index in [0.717, 1.165) is 36.2 Å². The number of hydrogen-bond donors (Lipinski definition) is 0. The number of aryl methyl sites for hydroxylation is 1. The van der Waals surface area contributed by atoms with Crippen molar-refractivity contribution in [1.29, 1.82) is 0 Å². The van der Waals surface area contributed by atoms with Crippen LogP contribution in [-0.4, -0.2) is 32.9 Å². The van der Waals surface area contributed by atoms with E-state index >= 15 is 0 Å². The molecule has 0 aliphatic rings. The van der Waals surface area contributed by atoms with Crippen LogP contribution in [0.5, 0.6) is 11.5 Å². The first-order valence-electron chi connectivity index (χ1n) is 11.4. The highest BCUT2D eigenvalue weighted by Gasteiger charge is 2.22. The van der Waals surface area contributed by atoms with Crippen LogP contribution >= 0.6 is 0 Å². The van der Waals surface area contributed by atoms with Crippen LogP contribution in [0.25, 0.3) is 0 Å². The summed E-state index contributed by atoms with van der Waals surface area (Å²) in [7, 11) is -2.82. The minimum absolute atomic E-state index is 0.0152. The summed E-state index contributed by atoms with van der Waals surface area (Å²) < 4.78 is 49.3. The summed E-state index contributed by atoms with van der Waals surface area (Å²) in [6.07, 6.45) is 0.889. The van der Waals surface area contributed by atoms with Gasteiger partial charge in [-0.15, -0.1) is 0 Å². The molecule has 3 aromatic carbocycles. The summed E-state index contributed by atoms with van der Waals surface area (Å²) in [6.45, 7) is 6.88. The van der Waals surface area contributed by atoms with Crippen molar-refractivity contribution in [2.75, 3.05) is 13.7 Å². The van der Waals surface area contributed by atoms with Gasteiger partial charge in [0, 0.05) is 18.7 Å². The van der Waals surface area contributed by atoms with E-state index in [9.17, 15) is 17.6 Å². The second kappa shape index (κ2) is 11.4. The fourth-order valence-electron chi connectivity index (χ4n) is 3.60. The fraction of sp³-hybridized carbons (Fsp3) is 0.296. The molecular weight excluding hydrogens is 469 g/mol. The van der Waals surface area contributed by atoms with Crippen LogP contribution in [0, 0.1) is 11.7 Å². The Labute approximate surface area is 206 Å². The van der Waals surface area contributed by atoms with Crippen LogP contribution in [0.15, 0.2) is 71.6 Å². The van der Waals surface area contributed by atoms with Crippen molar-refractivity contribution >= 4 is 16.0 Å². The Balaban J connectivity index is 1.88. The number of nitrogens with zero attached hydrogens (tertiary/aromatic N) is 1. The molecule has 0 saturated carbocycles. The van der Waals surface area contributed by atoms with Crippen molar-refractivity contribution in [3.8, 4) is 11.5 Å². The summed E-state index contributed by atoms with van der Waals surface area (Å²) >= 11 is 0. The molecule has 0 aliphatic carbocycles. The third-order valence-electron chi connectivity index (χ3n) is 5.39. The van der Waals surface area contributed by atoms with E-state index < -0.39 is 15.9 Å². The van der Waals surface area contributed by atoms with Gasteiger partial charge in [0.25, 0.3) is 5.91 Å². The quantitative estimate of drug-likeness (QED) is 0.346. The molecule has 0 radical (unpaired) electrons. The zero-order chi connectivity index (χ0) is 25.6. The maximum absolute atomic E-state index is 13.3. The van der Waals surface area contributed by atoms with E-state index in [0.29, 0.717) is 17.7 Å². The van der Waals surface area contributed by atoms with Crippen molar-refractivity contribution in [2.24, 2.45) is 5.92 Å². The van der Waals surface area contributed by atoms with E-state index in [1.807, 2.05) is 38.1 Å². The molecule has 6 nitrogen and oxygen atoms in total. The molecule has 0 N–H and O–H groups in total. The Morgan fingerprint density at radius 1 is 0.943 bits per heavy atom. The van der Waals surface area contributed by atoms with Gasteiger partial charge in [-0.25, -0.2) is 4.39 Å². The van der Waals surface area contributed by atoms with Gasteiger partial charge in [-0.05, 0) is 72.0 Å². The highest BCUT2D eigenvalue weighted by molar-refractivity contribution is 7.87. The zero-order valence-electron chi connectivity index (χ0n) is 20.3. The Morgan fingerprint density at radius 2 is 1.57 bits per heavy atom. The lowest BCUT2D eigenvalue weighted by atomic mass is 10.1. The third kappa shape index (κ3) is 6.82. The minimum Gasteiger partial charge on any atom is -0.493 e. The van der Waals surface area contributed by atoms with Gasteiger partial charge in [0.05, 0.1) is 7.11 Å². The largest absolute Gasteiger partial charge is 0.493 e. The monoisotopic (exact) mass is 499 g/mol. The standard InChI is InChI=1S/C27H30FNO5S/c1-5-20-6-9-22(10-7-20)27(30)29(17-19(2)3)18-21-8-15-25(33-4)26(16-21)34-35(31,32)24-13-11-23(28)12-14-24/h6-16,19H,5,17-18H2,1-4H3. The van der Waals surface area contributed by atoms with Crippen molar-refractivity contribution < 1.29 is 26.5 Å². The average molecular weight is 500 g/mol. The van der Waals surface area contributed by atoms with Crippen LogP contribution in [0.4, 0.5) is 4.39 Å². The van der Waals surface area contributed by atoms with E-state index in [2.05, 4.69) is 6.92 Å². The Hall–Kier alpha value is -3.39. The SMILES string of the molecule is CCc1ccc(C(=O)N(Cc2ccc(OC)c(OS(=O)(=O)c3ccc(F)cc3)c2)CC(C)C)cc1. The summed E-state index contributed by atoms with van der Waals surface area (Å²) in [5.41, 5.74) is 2.41. The number of carbonyl (C=O) groups is 1. The molecule has 0 saturated heterocycles. The molecule has 0 spiro atoms. The fourth-order valence-corrected chi connectivity index (χ4v) is 4.53. The summed E-state index contributed by atoms with van der Waals surface area (Å²) in [6, 6.07) is 16.8. The molecule has 0 heterocycles. The van der Waals surface area contributed by atoms with E-state index in [-0.39, 0.29) is 34.8 Å². The molecule has 3 aromatic rings. The molecule has 1 amide bonds. The van der Waals surface area contributed by atoms with E-state index in [1.165, 1.54) is 7.11 Å². The summed E-state index contributed by atoms with van der Waals surface area (Å²) in [5, 5.41) is 0. The van der Waals surface area contributed by atoms with Crippen molar-refractivity contribution in [1.82, 2.24) is 4.90 Å². The lowest BCUT2D eigenvalue weighted by Crippen LogP contribution is -2.33. The smallest absolute Gasteiger partial charge is 0.339 e. The predicted molar refractivity (Wildman–Crippen MR) is 133 cm³/mol. The van der Waals surface area contributed by atoms with Crippen LogP contribution in [0.1, 0.15) is 42.3 Å². The highest BCUT2D eigenvalue weighted by atomic mass is 32.2. The first-order chi connectivity index (χ1) is 16.6. The van der Waals surface area contributed by atoms with Gasteiger partial charge in [-0.1, -0.05) is 39.0 Å². The first-order valence-corrected chi connectivity index (χ1v) is 12.8. The molecule has 0 unspecified atom stereocenters. The van der Waals surface area contributed by atoms with Crippen molar-refractivity contribution in [3.63, 3.8) is 0 Å². The van der Waals surface area contributed by atoms with Crippen molar-refractivity contribution in [3.05, 3.63) is 89.2 Å². The second-order valence-corrected chi connectivity index (χ2v) is 10.2. The van der Waals surface area contributed by atoms with Gasteiger partial charge >= 0.3 is 10.1 Å². The molecule has 3 rings (SSSR count). The maximum Gasteiger partial charge on any atom is 0.339 e. The average Bonchev–Trinajstić information content (AvgIpc) is 2.83. The van der Waals surface area contributed by atoms with Gasteiger partial charge < -0.3 is 13.8 Å². The van der Waals surface area contributed by atoms with Crippen LogP contribution < -0.4 is 8.92 Å². The van der Waals surface area contributed by atoms with Gasteiger partial charge in [0.1, 0.15) is 10.7 Å². The maximum atomic E-state index is 13.3. The Morgan fingerprint density at radius 3 is 2.14 bits per heavy atom. The number of rotatable bonds is 10. The van der Waals surface area contributed by atoms with Crippen LogP contribution in [0.3, 0.4) is 0 Å². The number of methoxy groups -OCH3 is 1. The van der Waals surface area contributed by atoms with E-state index in [4.69, 9.17) is 8.92 Å². The molecule has 8 heteroatoms. The Kier molecular flexibility index (Phi) is 8.51. The lowest BCUT2D eigenvalue weighted by Gasteiger charge is -2.25. The number of halogens is 1. The number of carbonyl (C=O) groups excluding carboxylic acids is 1. The lowest BCUT2D eigenvalue weighted by molar-refractivity contribution is 0.0722. The Bertz CT molecular complexity index is 1260. The van der Waals surface area contributed by atoms with Gasteiger partial charge in [0.15, 0.2) is 11.5 Å². The first kappa shape index (κ1) is 26.2. The third-order valence-corrected chi connectivity index (χ3v) is 6.63. The molecule has 186 valence electrons. The highest BCUT2D eigenvalue weighted by Crippen LogP contribution is 2.31. The number of amides is 1. The number of ether oxygens (including phenoxy) is 1. The molecular formula is C27H30FNO5S. The van der Waals surface area contributed by atoms with Crippen LogP contribution in [0.2, 0.25) is 0 Å². The summed E-state index contributed by atoms with van der Waals surface area (Å²) in [5.74, 6) is -0.238. The molecule has 0 fully saturated rings. The van der Waals surface area contributed by atoms with Gasteiger partial charge in [-0.2, -0.15) is 8.42 Å². The molecule has 0 bridgehead atoms.